The van der Waals surface area contributed by atoms with Crippen molar-refractivity contribution in [1.29, 1.82) is 0 Å². The summed E-state index contributed by atoms with van der Waals surface area (Å²) in [4.78, 5) is 22.1. The van der Waals surface area contributed by atoms with Crippen LogP contribution in [0.1, 0.15) is 30.1 Å². The van der Waals surface area contributed by atoms with Crippen molar-refractivity contribution in [2.75, 3.05) is 11.9 Å². The largest absolute Gasteiger partial charge is 0.494 e. The maximum atomic E-state index is 13.3. The van der Waals surface area contributed by atoms with Crippen LogP contribution >= 0.6 is 12.2 Å². The van der Waals surface area contributed by atoms with Crippen molar-refractivity contribution in [3.8, 4) is 5.75 Å². The molecule has 2 N–H and O–H groups in total. The average molecular weight is 391 g/mol. The summed E-state index contributed by atoms with van der Waals surface area (Å²) in [7, 11) is 0. The van der Waals surface area contributed by atoms with Gasteiger partial charge in [0, 0.05) is 17.3 Å². The molecule has 27 heavy (non-hydrogen) atoms. The quantitative estimate of drug-likeness (QED) is 0.320. The number of carbonyl (C=O) groups is 1. The summed E-state index contributed by atoms with van der Waals surface area (Å²) in [6, 6.07) is 9.79. The molecule has 0 heterocycles. The number of nitrogens with one attached hydrogen (secondary N) is 2. The van der Waals surface area contributed by atoms with E-state index in [1.807, 2.05) is 0 Å². The fourth-order valence-electron chi connectivity index (χ4n) is 2.10. The molecule has 0 saturated carbocycles. The predicted molar refractivity (Wildman–Crippen MR) is 104 cm³/mol. The van der Waals surface area contributed by atoms with Gasteiger partial charge in [0.05, 0.1) is 11.5 Å². The van der Waals surface area contributed by atoms with Gasteiger partial charge in [-0.2, -0.15) is 4.39 Å². The molecule has 0 radical (unpaired) electrons. The number of halogens is 1. The van der Waals surface area contributed by atoms with Gasteiger partial charge in [0.25, 0.3) is 5.91 Å². The summed E-state index contributed by atoms with van der Waals surface area (Å²) in [6.07, 6.45) is 1.98. The molecule has 2 aromatic carbocycles. The molecule has 2 rings (SSSR count). The number of thiocarbonyl (C=S) groups is 1. The third kappa shape index (κ3) is 6.00. The van der Waals surface area contributed by atoms with E-state index in [1.165, 1.54) is 6.07 Å². The molecule has 0 saturated heterocycles. The van der Waals surface area contributed by atoms with E-state index in [1.54, 1.807) is 24.3 Å². The molecule has 9 heteroatoms. The molecule has 0 aliphatic carbocycles. The van der Waals surface area contributed by atoms with E-state index in [4.69, 9.17) is 17.0 Å². The minimum absolute atomic E-state index is 0.0656. The number of nitro groups is 1. The topological polar surface area (TPSA) is 93.5 Å². The van der Waals surface area contributed by atoms with Gasteiger partial charge in [0.15, 0.2) is 5.11 Å². The van der Waals surface area contributed by atoms with E-state index >= 15 is 0 Å². The summed E-state index contributed by atoms with van der Waals surface area (Å²) in [5.41, 5.74) is -0.132. The van der Waals surface area contributed by atoms with Gasteiger partial charge in [-0.25, -0.2) is 0 Å². The first-order chi connectivity index (χ1) is 12.9. The molecule has 1 amide bonds. The zero-order valence-electron chi connectivity index (χ0n) is 14.5. The van der Waals surface area contributed by atoms with Crippen molar-refractivity contribution in [2.24, 2.45) is 0 Å². The standard InChI is InChI=1S/C18H18FN3O4S/c1-2-3-10-26-14-7-4-12(5-8-14)17(23)21-18(27)20-13-6-9-15(19)16(11-13)22(24)25/h4-9,11H,2-3,10H2,1H3,(H2,20,21,23,27). The first kappa shape index (κ1) is 20.2. The van der Waals surface area contributed by atoms with Crippen molar-refractivity contribution in [3.63, 3.8) is 0 Å². The SMILES string of the molecule is CCCCOc1ccc(C(=O)NC(=S)Nc2ccc(F)c([N+](=O)[O-])c2)cc1. The number of unbranched alkanes of at least 4 members (excludes halogenated alkanes) is 1. The van der Waals surface area contributed by atoms with Crippen LogP contribution in [0.5, 0.6) is 5.75 Å². The fourth-order valence-corrected chi connectivity index (χ4v) is 2.32. The average Bonchev–Trinajstić information content (AvgIpc) is 2.63. The molecule has 0 aliphatic rings. The van der Waals surface area contributed by atoms with E-state index in [-0.39, 0.29) is 10.8 Å². The van der Waals surface area contributed by atoms with Crippen molar-refractivity contribution < 1.29 is 18.8 Å². The molecule has 0 fully saturated rings. The van der Waals surface area contributed by atoms with Gasteiger partial charge in [-0.3, -0.25) is 20.2 Å². The Morgan fingerprint density at radius 3 is 2.59 bits per heavy atom. The number of anilines is 1. The first-order valence-corrected chi connectivity index (χ1v) is 8.60. The number of benzene rings is 2. The Kier molecular flexibility index (Phi) is 7.18. The maximum absolute atomic E-state index is 13.3. The smallest absolute Gasteiger partial charge is 0.306 e. The highest BCUT2D eigenvalue weighted by atomic mass is 32.1. The molecule has 0 atom stereocenters. The van der Waals surface area contributed by atoms with Gasteiger partial charge in [0.2, 0.25) is 5.82 Å². The Morgan fingerprint density at radius 1 is 1.26 bits per heavy atom. The Labute approximate surface area is 160 Å². The number of amides is 1. The van der Waals surface area contributed by atoms with Crippen molar-refractivity contribution in [2.45, 2.75) is 19.8 Å². The highest BCUT2D eigenvalue weighted by Gasteiger charge is 2.15. The highest BCUT2D eigenvalue weighted by Crippen LogP contribution is 2.21. The number of rotatable bonds is 7. The number of nitro benzene ring substituents is 1. The lowest BCUT2D eigenvalue weighted by atomic mass is 10.2. The van der Waals surface area contributed by atoms with E-state index in [9.17, 15) is 19.3 Å². The molecule has 0 aromatic heterocycles. The van der Waals surface area contributed by atoms with Gasteiger partial charge >= 0.3 is 5.69 Å². The summed E-state index contributed by atoms with van der Waals surface area (Å²) < 4.78 is 18.9. The molecule has 0 unspecified atom stereocenters. The van der Waals surface area contributed by atoms with Crippen LogP contribution in [0.15, 0.2) is 42.5 Å². The van der Waals surface area contributed by atoms with Gasteiger partial charge in [-0.05, 0) is 55.0 Å². The second-order valence-corrected chi connectivity index (χ2v) is 5.97. The minimum Gasteiger partial charge on any atom is -0.494 e. The minimum atomic E-state index is -0.957. The lowest BCUT2D eigenvalue weighted by molar-refractivity contribution is -0.387. The van der Waals surface area contributed by atoms with E-state index in [0.29, 0.717) is 17.9 Å². The Hall–Kier alpha value is -3.07. The van der Waals surface area contributed by atoms with Crippen molar-refractivity contribution in [1.82, 2.24) is 5.32 Å². The van der Waals surface area contributed by atoms with Gasteiger partial charge in [-0.15, -0.1) is 0 Å². The van der Waals surface area contributed by atoms with Crippen LogP contribution < -0.4 is 15.4 Å². The molecule has 142 valence electrons. The monoisotopic (exact) mass is 391 g/mol. The molecule has 0 aliphatic heterocycles. The van der Waals surface area contributed by atoms with Crippen LogP contribution in [-0.2, 0) is 0 Å². The van der Waals surface area contributed by atoms with E-state index in [2.05, 4.69) is 17.6 Å². The normalized spacial score (nSPS) is 10.1. The summed E-state index contributed by atoms with van der Waals surface area (Å²) in [5.74, 6) is -0.745. The van der Waals surface area contributed by atoms with Crippen LogP contribution in [0.4, 0.5) is 15.8 Å². The molecule has 7 nitrogen and oxygen atoms in total. The predicted octanol–water partition coefficient (Wildman–Crippen LogP) is 4.04. The van der Waals surface area contributed by atoms with Crippen LogP contribution in [0.25, 0.3) is 0 Å². The van der Waals surface area contributed by atoms with Gasteiger partial charge in [0.1, 0.15) is 5.75 Å². The Balaban J connectivity index is 1.94. The fraction of sp³-hybridized carbons (Fsp3) is 0.222. The number of ether oxygens (including phenoxy) is 1. The highest BCUT2D eigenvalue weighted by molar-refractivity contribution is 7.80. The maximum Gasteiger partial charge on any atom is 0.306 e. The molecule has 0 spiro atoms. The molecule has 2 aromatic rings. The second-order valence-electron chi connectivity index (χ2n) is 5.56. The third-order valence-electron chi connectivity index (χ3n) is 3.51. The lowest BCUT2D eigenvalue weighted by Gasteiger charge is -2.10. The Bertz CT molecular complexity index is 843. The second kappa shape index (κ2) is 9.58. The lowest BCUT2D eigenvalue weighted by Crippen LogP contribution is -2.34. The third-order valence-corrected chi connectivity index (χ3v) is 3.72. The summed E-state index contributed by atoms with van der Waals surface area (Å²) in [5, 5.41) is 15.8. The number of hydrogen-bond acceptors (Lipinski definition) is 5. The molecule has 0 bridgehead atoms. The van der Waals surface area contributed by atoms with E-state index in [0.717, 1.165) is 25.0 Å². The number of hydrogen-bond donors (Lipinski definition) is 2. The van der Waals surface area contributed by atoms with Crippen LogP contribution in [0, 0.1) is 15.9 Å². The zero-order valence-corrected chi connectivity index (χ0v) is 15.3. The van der Waals surface area contributed by atoms with Gasteiger partial charge < -0.3 is 10.1 Å². The van der Waals surface area contributed by atoms with Crippen LogP contribution in [0.2, 0.25) is 0 Å². The van der Waals surface area contributed by atoms with Crippen molar-refractivity contribution in [3.05, 3.63) is 64.0 Å². The van der Waals surface area contributed by atoms with Crippen molar-refractivity contribution >= 4 is 34.6 Å². The Morgan fingerprint density at radius 2 is 1.96 bits per heavy atom. The van der Waals surface area contributed by atoms with Gasteiger partial charge in [-0.1, -0.05) is 13.3 Å². The molecular formula is C18H18FN3O4S. The van der Waals surface area contributed by atoms with E-state index < -0.39 is 22.3 Å². The summed E-state index contributed by atoms with van der Waals surface area (Å²) >= 11 is 5.02. The number of nitrogens with zero attached hydrogens (tertiary/aromatic N) is 1. The first-order valence-electron chi connectivity index (χ1n) is 8.20. The summed E-state index contributed by atoms with van der Waals surface area (Å²) in [6.45, 7) is 2.68. The number of carbonyl (C=O) groups excluding carboxylic acids is 1. The molecular weight excluding hydrogens is 373 g/mol. The van der Waals surface area contributed by atoms with Crippen LogP contribution in [0.3, 0.4) is 0 Å². The zero-order chi connectivity index (χ0) is 19.8. The van der Waals surface area contributed by atoms with Crippen LogP contribution in [-0.4, -0.2) is 22.5 Å².